The van der Waals surface area contributed by atoms with Crippen LogP contribution in [-0.2, 0) is 7.05 Å². The SMILES string of the molecule is CCC(C)Oc1c(C)c(C)c(-c2cc3ccccc3n(C)c2=O)c(C)c1C. The largest absolute Gasteiger partial charge is 0.490 e. The Balaban J connectivity index is 2.32. The molecule has 0 aliphatic heterocycles. The van der Waals surface area contributed by atoms with Crippen molar-refractivity contribution in [2.24, 2.45) is 7.05 Å². The fourth-order valence-electron chi connectivity index (χ4n) is 3.74. The first-order chi connectivity index (χ1) is 12.8. The lowest BCUT2D eigenvalue weighted by Crippen LogP contribution is -2.20. The lowest BCUT2D eigenvalue weighted by atomic mass is 9.88. The summed E-state index contributed by atoms with van der Waals surface area (Å²) in [5, 5.41) is 1.07. The van der Waals surface area contributed by atoms with Crippen LogP contribution in [0.3, 0.4) is 0 Å². The van der Waals surface area contributed by atoms with Gasteiger partial charge in [0.05, 0.1) is 11.6 Å². The summed E-state index contributed by atoms with van der Waals surface area (Å²) in [6.07, 6.45) is 1.13. The van der Waals surface area contributed by atoms with Crippen molar-refractivity contribution in [2.75, 3.05) is 0 Å². The molecule has 0 fully saturated rings. The second-order valence-corrected chi connectivity index (χ2v) is 7.52. The predicted molar refractivity (Wildman–Crippen MR) is 114 cm³/mol. The predicted octanol–water partition coefficient (Wildman–Crippen LogP) is 5.62. The van der Waals surface area contributed by atoms with Crippen molar-refractivity contribution in [3.05, 3.63) is 62.9 Å². The summed E-state index contributed by atoms with van der Waals surface area (Å²) in [6, 6.07) is 10.0. The maximum absolute atomic E-state index is 13.2. The van der Waals surface area contributed by atoms with Gasteiger partial charge in [-0.3, -0.25) is 4.79 Å². The first-order valence-electron chi connectivity index (χ1n) is 9.64. The number of ether oxygens (including phenoxy) is 1. The number of hydrogen-bond acceptors (Lipinski definition) is 2. The molecule has 1 heterocycles. The molecule has 0 saturated carbocycles. The van der Waals surface area contributed by atoms with Gasteiger partial charge in [-0.1, -0.05) is 25.1 Å². The van der Waals surface area contributed by atoms with E-state index >= 15 is 0 Å². The Hall–Kier alpha value is -2.55. The summed E-state index contributed by atoms with van der Waals surface area (Å²) in [4.78, 5) is 13.2. The van der Waals surface area contributed by atoms with E-state index in [1.807, 2.05) is 31.3 Å². The van der Waals surface area contributed by atoms with E-state index in [2.05, 4.69) is 47.6 Å². The Morgan fingerprint density at radius 1 is 1.00 bits per heavy atom. The lowest BCUT2D eigenvalue weighted by molar-refractivity contribution is 0.214. The summed E-state index contributed by atoms with van der Waals surface area (Å²) in [6.45, 7) is 12.6. The molecule has 1 aromatic heterocycles. The molecule has 3 rings (SSSR count). The number of hydrogen-bond donors (Lipinski definition) is 0. The molecule has 1 unspecified atom stereocenters. The molecule has 0 bridgehead atoms. The maximum Gasteiger partial charge on any atom is 0.258 e. The Morgan fingerprint density at radius 2 is 1.59 bits per heavy atom. The summed E-state index contributed by atoms with van der Waals surface area (Å²) in [5.74, 6) is 0.959. The second kappa shape index (κ2) is 7.22. The van der Waals surface area contributed by atoms with Crippen LogP contribution in [0.4, 0.5) is 0 Å². The van der Waals surface area contributed by atoms with Crippen molar-refractivity contribution < 1.29 is 4.74 Å². The average molecular weight is 364 g/mol. The first kappa shape index (κ1) is 19.2. The van der Waals surface area contributed by atoms with Crippen LogP contribution >= 0.6 is 0 Å². The molecule has 0 saturated heterocycles. The lowest BCUT2D eigenvalue weighted by Gasteiger charge is -2.23. The topological polar surface area (TPSA) is 31.2 Å². The zero-order chi connectivity index (χ0) is 19.9. The molecule has 27 heavy (non-hydrogen) atoms. The summed E-state index contributed by atoms with van der Waals surface area (Å²) in [7, 11) is 1.85. The van der Waals surface area contributed by atoms with Gasteiger partial charge in [0.25, 0.3) is 5.56 Å². The van der Waals surface area contributed by atoms with E-state index in [4.69, 9.17) is 4.74 Å². The summed E-state index contributed by atoms with van der Waals surface area (Å²) in [5.41, 5.74) is 7.24. The first-order valence-corrected chi connectivity index (χ1v) is 9.64. The van der Waals surface area contributed by atoms with E-state index in [0.29, 0.717) is 0 Å². The highest BCUT2D eigenvalue weighted by atomic mass is 16.5. The Labute approximate surface area is 161 Å². The molecule has 0 spiro atoms. The maximum atomic E-state index is 13.2. The third-order valence-corrected chi connectivity index (χ3v) is 5.85. The van der Waals surface area contributed by atoms with Gasteiger partial charge in [0.15, 0.2) is 0 Å². The number of benzene rings is 2. The van der Waals surface area contributed by atoms with E-state index < -0.39 is 0 Å². The van der Waals surface area contributed by atoms with Gasteiger partial charge in [-0.05, 0) is 86.4 Å². The zero-order valence-corrected chi connectivity index (χ0v) is 17.4. The quantitative estimate of drug-likeness (QED) is 0.603. The number of para-hydroxylation sites is 1. The van der Waals surface area contributed by atoms with Crippen LogP contribution in [0.2, 0.25) is 0 Å². The van der Waals surface area contributed by atoms with Gasteiger partial charge >= 0.3 is 0 Å². The van der Waals surface area contributed by atoms with Crippen molar-refractivity contribution >= 4 is 10.9 Å². The molecule has 0 N–H and O–H groups in total. The number of fused-ring (bicyclic) bond motifs is 1. The Morgan fingerprint density at radius 3 is 2.19 bits per heavy atom. The fraction of sp³-hybridized carbons (Fsp3) is 0.375. The summed E-state index contributed by atoms with van der Waals surface area (Å²) >= 11 is 0. The van der Waals surface area contributed by atoms with Crippen molar-refractivity contribution in [1.82, 2.24) is 4.57 Å². The number of rotatable bonds is 4. The summed E-state index contributed by atoms with van der Waals surface area (Å²) < 4.78 is 7.97. The van der Waals surface area contributed by atoms with Crippen LogP contribution in [0.5, 0.6) is 5.75 Å². The highest BCUT2D eigenvalue weighted by Crippen LogP contribution is 2.38. The van der Waals surface area contributed by atoms with Gasteiger partial charge in [-0.15, -0.1) is 0 Å². The molecule has 0 radical (unpaired) electrons. The van der Waals surface area contributed by atoms with Crippen molar-refractivity contribution in [3.8, 4) is 16.9 Å². The standard InChI is InChI=1S/C24H29NO2/c1-8-14(2)27-23-17(5)15(3)22(16(4)18(23)6)20-13-19-11-9-10-12-21(19)25(7)24(20)26/h9-14H,8H2,1-7H3. The average Bonchev–Trinajstić information content (AvgIpc) is 2.67. The molecule has 142 valence electrons. The van der Waals surface area contributed by atoms with Crippen LogP contribution in [-0.4, -0.2) is 10.7 Å². The van der Waals surface area contributed by atoms with Gasteiger partial charge in [-0.2, -0.15) is 0 Å². The zero-order valence-electron chi connectivity index (χ0n) is 17.4. The van der Waals surface area contributed by atoms with E-state index in [1.165, 1.54) is 0 Å². The van der Waals surface area contributed by atoms with Gasteiger partial charge < -0.3 is 9.30 Å². The van der Waals surface area contributed by atoms with E-state index in [1.54, 1.807) is 4.57 Å². The van der Waals surface area contributed by atoms with Crippen LogP contribution in [0.1, 0.15) is 42.5 Å². The third-order valence-electron chi connectivity index (χ3n) is 5.85. The molecule has 3 heteroatoms. The molecule has 0 aliphatic rings. The molecular formula is C24H29NO2. The van der Waals surface area contributed by atoms with Gasteiger partial charge in [0.2, 0.25) is 0 Å². The van der Waals surface area contributed by atoms with Crippen molar-refractivity contribution in [2.45, 2.75) is 54.1 Å². The van der Waals surface area contributed by atoms with Gasteiger partial charge in [0, 0.05) is 12.6 Å². The minimum atomic E-state index is 0.0364. The fourth-order valence-corrected chi connectivity index (χ4v) is 3.74. The molecule has 2 aromatic carbocycles. The molecule has 3 aromatic rings. The van der Waals surface area contributed by atoms with Gasteiger partial charge in [-0.25, -0.2) is 0 Å². The molecular weight excluding hydrogens is 334 g/mol. The minimum Gasteiger partial charge on any atom is -0.490 e. The van der Waals surface area contributed by atoms with Crippen molar-refractivity contribution in [3.63, 3.8) is 0 Å². The van der Waals surface area contributed by atoms with Crippen molar-refractivity contribution in [1.29, 1.82) is 0 Å². The van der Waals surface area contributed by atoms with Crippen LogP contribution in [0.25, 0.3) is 22.0 Å². The smallest absolute Gasteiger partial charge is 0.258 e. The highest BCUT2D eigenvalue weighted by Gasteiger charge is 2.21. The second-order valence-electron chi connectivity index (χ2n) is 7.52. The van der Waals surface area contributed by atoms with Gasteiger partial charge in [0.1, 0.15) is 5.75 Å². The van der Waals surface area contributed by atoms with Crippen LogP contribution in [0.15, 0.2) is 35.1 Å². The van der Waals surface area contributed by atoms with E-state index in [0.717, 1.165) is 56.5 Å². The third kappa shape index (κ3) is 3.16. The number of aromatic nitrogens is 1. The monoisotopic (exact) mass is 363 g/mol. The number of aryl methyl sites for hydroxylation is 1. The van der Waals surface area contributed by atoms with Crippen LogP contribution in [0, 0.1) is 27.7 Å². The number of nitrogens with zero attached hydrogens (tertiary/aromatic N) is 1. The number of pyridine rings is 1. The molecule has 1 atom stereocenters. The van der Waals surface area contributed by atoms with E-state index in [-0.39, 0.29) is 11.7 Å². The Kier molecular flexibility index (Phi) is 5.14. The molecule has 3 nitrogen and oxygen atoms in total. The Bertz CT molecular complexity index is 1050. The van der Waals surface area contributed by atoms with Crippen LogP contribution < -0.4 is 10.3 Å². The normalized spacial score (nSPS) is 12.4. The molecule has 0 amide bonds. The minimum absolute atomic E-state index is 0.0364. The highest BCUT2D eigenvalue weighted by molar-refractivity contribution is 5.86. The molecule has 0 aliphatic carbocycles. The van der Waals surface area contributed by atoms with E-state index in [9.17, 15) is 4.79 Å².